The molecule has 1 aromatic heterocycles. The van der Waals surface area contributed by atoms with Crippen molar-refractivity contribution in [2.75, 3.05) is 28.6 Å². The summed E-state index contributed by atoms with van der Waals surface area (Å²) < 4.78 is 0. The van der Waals surface area contributed by atoms with E-state index in [0.29, 0.717) is 17.6 Å². The number of anilines is 3. The molecule has 0 unspecified atom stereocenters. The Morgan fingerprint density at radius 3 is 2.28 bits per heavy atom. The van der Waals surface area contributed by atoms with Crippen molar-refractivity contribution in [3.63, 3.8) is 0 Å². The number of nitrogens with one attached hydrogen (secondary N) is 2. The van der Waals surface area contributed by atoms with E-state index in [4.69, 9.17) is 0 Å². The van der Waals surface area contributed by atoms with Gasteiger partial charge in [-0.25, -0.2) is 9.97 Å². The van der Waals surface area contributed by atoms with Crippen LogP contribution in [0.5, 0.6) is 0 Å². The lowest BCUT2D eigenvalue weighted by Crippen LogP contribution is -2.32. The van der Waals surface area contributed by atoms with E-state index >= 15 is 0 Å². The molecular weight excluding hydrogens is 362 g/mol. The molecule has 1 aliphatic carbocycles. The lowest BCUT2D eigenvalue weighted by Gasteiger charge is -2.32. The number of carbonyl (C=O) groups excluding carboxylic acids is 1. The third kappa shape index (κ3) is 5.25. The highest BCUT2D eigenvalue weighted by Crippen LogP contribution is 2.24. The van der Waals surface area contributed by atoms with Crippen molar-refractivity contribution < 1.29 is 4.79 Å². The second-order valence-electron chi connectivity index (χ2n) is 8.45. The molecule has 29 heavy (non-hydrogen) atoms. The van der Waals surface area contributed by atoms with E-state index in [1.807, 2.05) is 12.1 Å². The van der Waals surface area contributed by atoms with E-state index in [-0.39, 0.29) is 5.91 Å². The van der Waals surface area contributed by atoms with Crippen LogP contribution in [0.4, 0.5) is 17.3 Å². The number of hydrogen-bond acceptors (Lipinski definition) is 5. The predicted molar refractivity (Wildman–Crippen MR) is 118 cm³/mol. The Morgan fingerprint density at radius 2 is 1.62 bits per heavy atom. The van der Waals surface area contributed by atoms with Crippen molar-refractivity contribution in [3.05, 3.63) is 42.2 Å². The number of benzene rings is 1. The highest BCUT2D eigenvalue weighted by molar-refractivity contribution is 6.03. The van der Waals surface area contributed by atoms with Crippen molar-refractivity contribution in [2.24, 2.45) is 5.92 Å². The van der Waals surface area contributed by atoms with Crippen LogP contribution < -0.4 is 15.5 Å². The first kappa shape index (κ1) is 19.7. The van der Waals surface area contributed by atoms with E-state index in [1.54, 1.807) is 12.4 Å². The first-order valence-corrected chi connectivity index (χ1v) is 10.9. The van der Waals surface area contributed by atoms with Crippen LogP contribution in [0.1, 0.15) is 62.2 Å². The summed E-state index contributed by atoms with van der Waals surface area (Å²) in [7, 11) is 0. The summed E-state index contributed by atoms with van der Waals surface area (Å²) in [6.07, 6.45) is 11.8. The van der Waals surface area contributed by atoms with Gasteiger partial charge in [-0.05, 0) is 55.9 Å². The number of piperidine rings is 1. The van der Waals surface area contributed by atoms with Gasteiger partial charge in [-0.2, -0.15) is 0 Å². The zero-order valence-electron chi connectivity index (χ0n) is 17.2. The number of carbonyl (C=O) groups is 1. The Balaban J connectivity index is 1.31. The van der Waals surface area contributed by atoms with Crippen molar-refractivity contribution in [1.82, 2.24) is 9.97 Å². The monoisotopic (exact) mass is 393 g/mol. The topological polar surface area (TPSA) is 70.2 Å². The van der Waals surface area contributed by atoms with Gasteiger partial charge >= 0.3 is 0 Å². The van der Waals surface area contributed by atoms with Crippen molar-refractivity contribution in [2.45, 2.75) is 57.9 Å². The molecule has 2 aliphatic rings. The maximum atomic E-state index is 12.5. The summed E-state index contributed by atoms with van der Waals surface area (Å²) >= 11 is 0. The quantitative estimate of drug-likeness (QED) is 0.770. The molecule has 2 fully saturated rings. The first-order chi connectivity index (χ1) is 14.2. The van der Waals surface area contributed by atoms with Crippen LogP contribution in [0.3, 0.4) is 0 Å². The number of aromatic nitrogens is 2. The van der Waals surface area contributed by atoms with Gasteiger partial charge in [0.1, 0.15) is 0 Å². The Labute approximate surface area is 173 Å². The van der Waals surface area contributed by atoms with Crippen LogP contribution in [-0.4, -0.2) is 35.0 Å². The highest BCUT2D eigenvalue weighted by Gasteiger charge is 2.17. The molecule has 2 N–H and O–H groups in total. The molecular formula is C23H31N5O. The molecule has 1 aromatic carbocycles. The van der Waals surface area contributed by atoms with Gasteiger partial charge in [0.05, 0.1) is 5.56 Å². The summed E-state index contributed by atoms with van der Waals surface area (Å²) in [5, 5.41) is 6.32. The first-order valence-electron chi connectivity index (χ1n) is 10.9. The minimum absolute atomic E-state index is 0.186. The Morgan fingerprint density at radius 1 is 0.966 bits per heavy atom. The third-order valence-corrected chi connectivity index (χ3v) is 6.13. The van der Waals surface area contributed by atoms with E-state index in [0.717, 1.165) is 37.5 Å². The Kier molecular flexibility index (Phi) is 6.27. The van der Waals surface area contributed by atoms with E-state index in [2.05, 4.69) is 44.6 Å². The fourth-order valence-corrected chi connectivity index (χ4v) is 4.17. The van der Waals surface area contributed by atoms with E-state index < -0.39 is 0 Å². The third-order valence-electron chi connectivity index (χ3n) is 6.13. The van der Waals surface area contributed by atoms with Gasteiger partial charge < -0.3 is 15.5 Å². The van der Waals surface area contributed by atoms with Gasteiger partial charge in [0, 0.05) is 42.9 Å². The fraction of sp³-hybridized carbons (Fsp3) is 0.522. The molecule has 2 heterocycles. The van der Waals surface area contributed by atoms with E-state index in [9.17, 15) is 4.79 Å². The van der Waals surface area contributed by atoms with Gasteiger partial charge in [-0.15, -0.1) is 0 Å². The predicted octanol–water partition coefficient (Wildman–Crippen LogP) is 4.71. The molecule has 0 atom stereocenters. The SMILES string of the molecule is CC1CCN(c2ccc(NC(=O)c3cnc(NC4CCCCC4)nc3)cc2)CC1. The summed E-state index contributed by atoms with van der Waals surface area (Å²) in [4.78, 5) is 23.6. The van der Waals surface area contributed by atoms with Gasteiger partial charge in [0.15, 0.2) is 0 Å². The number of rotatable bonds is 5. The largest absolute Gasteiger partial charge is 0.372 e. The molecule has 2 aromatic rings. The average Bonchev–Trinajstić information content (AvgIpc) is 2.76. The lowest BCUT2D eigenvalue weighted by molar-refractivity contribution is 0.102. The smallest absolute Gasteiger partial charge is 0.258 e. The van der Waals surface area contributed by atoms with Gasteiger partial charge in [0.2, 0.25) is 5.95 Å². The van der Waals surface area contributed by atoms with Crippen LogP contribution in [0.15, 0.2) is 36.7 Å². The number of amides is 1. The minimum Gasteiger partial charge on any atom is -0.372 e. The van der Waals surface area contributed by atoms with Crippen LogP contribution in [0.2, 0.25) is 0 Å². The molecule has 1 saturated carbocycles. The van der Waals surface area contributed by atoms with Gasteiger partial charge in [0.25, 0.3) is 5.91 Å². The molecule has 4 rings (SSSR count). The molecule has 0 spiro atoms. The zero-order valence-corrected chi connectivity index (χ0v) is 17.2. The second-order valence-corrected chi connectivity index (χ2v) is 8.45. The second kappa shape index (κ2) is 9.25. The van der Waals surface area contributed by atoms with Crippen LogP contribution in [0.25, 0.3) is 0 Å². The summed E-state index contributed by atoms with van der Waals surface area (Å²) in [6.45, 7) is 4.52. The number of nitrogens with zero attached hydrogens (tertiary/aromatic N) is 3. The Hall–Kier alpha value is -2.63. The van der Waals surface area contributed by atoms with Crippen molar-refractivity contribution >= 4 is 23.2 Å². The maximum Gasteiger partial charge on any atom is 0.258 e. The van der Waals surface area contributed by atoms with Crippen molar-refractivity contribution in [3.8, 4) is 0 Å². The molecule has 0 bridgehead atoms. The molecule has 1 amide bonds. The minimum atomic E-state index is -0.186. The summed E-state index contributed by atoms with van der Waals surface area (Å²) in [5.74, 6) is 1.23. The summed E-state index contributed by atoms with van der Waals surface area (Å²) in [5.41, 5.74) is 2.47. The van der Waals surface area contributed by atoms with Crippen LogP contribution in [-0.2, 0) is 0 Å². The normalized spacial score (nSPS) is 18.4. The molecule has 0 radical (unpaired) electrons. The van der Waals surface area contributed by atoms with Crippen LogP contribution >= 0.6 is 0 Å². The van der Waals surface area contributed by atoms with E-state index in [1.165, 1.54) is 37.8 Å². The highest BCUT2D eigenvalue weighted by atomic mass is 16.1. The average molecular weight is 394 g/mol. The van der Waals surface area contributed by atoms with Crippen molar-refractivity contribution in [1.29, 1.82) is 0 Å². The fourth-order valence-electron chi connectivity index (χ4n) is 4.17. The molecule has 154 valence electrons. The van der Waals surface area contributed by atoms with Gasteiger partial charge in [-0.3, -0.25) is 4.79 Å². The summed E-state index contributed by atoms with van der Waals surface area (Å²) in [6, 6.07) is 8.54. The number of hydrogen-bond donors (Lipinski definition) is 2. The van der Waals surface area contributed by atoms with Gasteiger partial charge in [-0.1, -0.05) is 26.2 Å². The molecule has 1 aliphatic heterocycles. The lowest BCUT2D eigenvalue weighted by atomic mass is 9.96. The standard InChI is InChI=1S/C23H31N5O/c1-17-11-13-28(14-12-17)21-9-7-20(8-10-21)26-22(29)18-15-24-23(25-16-18)27-19-5-3-2-4-6-19/h7-10,15-17,19H,2-6,11-14H2,1H3,(H,26,29)(H,24,25,27). The zero-order chi connectivity index (χ0) is 20.1. The maximum absolute atomic E-state index is 12.5. The molecule has 6 heteroatoms. The molecule has 6 nitrogen and oxygen atoms in total. The molecule has 1 saturated heterocycles. The van der Waals surface area contributed by atoms with Crippen LogP contribution in [0, 0.1) is 5.92 Å². The Bertz CT molecular complexity index is 791.